The zero-order valence-corrected chi connectivity index (χ0v) is 17.0. The van der Waals surface area contributed by atoms with Crippen LogP contribution in [0.1, 0.15) is 12.0 Å². The molecule has 0 saturated heterocycles. The van der Waals surface area contributed by atoms with Gasteiger partial charge in [-0.2, -0.15) is 0 Å². The summed E-state index contributed by atoms with van der Waals surface area (Å²) in [6.45, 7) is 1.05. The van der Waals surface area contributed by atoms with Crippen LogP contribution in [0.15, 0.2) is 48.5 Å². The van der Waals surface area contributed by atoms with E-state index < -0.39 is 8.80 Å². The van der Waals surface area contributed by atoms with Crippen LogP contribution in [0.5, 0.6) is 5.75 Å². The van der Waals surface area contributed by atoms with Gasteiger partial charge < -0.3 is 22.8 Å². The van der Waals surface area contributed by atoms with Gasteiger partial charge in [0.25, 0.3) is 0 Å². The van der Waals surface area contributed by atoms with Crippen LogP contribution in [-0.2, 0) is 24.6 Å². The largest absolute Gasteiger partial charge is 0.500 e. The highest BCUT2D eigenvalue weighted by atomic mass is 28.4. The van der Waals surface area contributed by atoms with E-state index in [0.717, 1.165) is 28.9 Å². The molecule has 26 heavy (non-hydrogen) atoms. The molecule has 5 nitrogen and oxygen atoms in total. The second kappa shape index (κ2) is 10.4. The van der Waals surface area contributed by atoms with Crippen molar-refractivity contribution < 1.29 is 22.8 Å². The Balaban J connectivity index is 2.14. The Bertz CT molecular complexity index is 650. The van der Waals surface area contributed by atoms with Crippen LogP contribution in [0.4, 0.5) is 0 Å². The minimum Gasteiger partial charge on any atom is -0.493 e. The normalized spacial score (nSPS) is 11.5. The molecule has 0 bridgehead atoms. The molecule has 2 aromatic rings. The standard InChI is InChI=1S/C20H28O5Si/c1-21-16-18-12-8-13-19(17-10-6-5-7-11-17)20(18)25-14-9-15-26(22-2,23-3)24-4/h5-8,10-13H,9,14-16H2,1-4H3. The fourth-order valence-corrected chi connectivity index (χ4v) is 4.58. The Morgan fingerprint density at radius 1 is 0.808 bits per heavy atom. The molecular weight excluding hydrogens is 348 g/mol. The van der Waals surface area contributed by atoms with E-state index in [0.29, 0.717) is 19.3 Å². The second-order valence-electron chi connectivity index (χ2n) is 5.84. The van der Waals surface area contributed by atoms with Gasteiger partial charge in [0.2, 0.25) is 0 Å². The van der Waals surface area contributed by atoms with E-state index in [2.05, 4.69) is 18.2 Å². The van der Waals surface area contributed by atoms with Gasteiger partial charge in [-0.1, -0.05) is 48.5 Å². The maximum atomic E-state index is 6.18. The second-order valence-corrected chi connectivity index (χ2v) is 8.93. The Labute approximate surface area is 157 Å². The van der Waals surface area contributed by atoms with Crippen molar-refractivity contribution in [1.82, 2.24) is 0 Å². The number of benzene rings is 2. The molecule has 0 unspecified atom stereocenters. The van der Waals surface area contributed by atoms with Crippen molar-refractivity contribution in [2.24, 2.45) is 0 Å². The number of rotatable bonds is 11. The first-order valence-electron chi connectivity index (χ1n) is 8.64. The van der Waals surface area contributed by atoms with Gasteiger partial charge in [-0.15, -0.1) is 0 Å². The first-order valence-corrected chi connectivity index (χ1v) is 10.6. The quantitative estimate of drug-likeness (QED) is 0.435. The molecule has 0 atom stereocenters. The highest BCUT2D eigenvalue weighted by Crippen LogP contribution is 2.34. The average molecular weight is 377 g/mol. The van der Waals surface area contributed by atoms with Crippen molar-refractivity contribution in [3.63, 3.8) is 0 Å². The number of methoxy groups -OCH3 is 1. The summed E-state index contributed by atoms with van der Waals surface area (Å²) in [5.74, 6) is 0.861. The van der Waals surface area contributed by atoms with E-state index in [9.17, 15) is 0 Å². The molecule has 0 spiro atoms. The van der Waals surface area contributed by atoms with Crippen molar-refractivity contribution in [3.05, 3.63) is 54.1 Å². The summed E-state index contributed by atoms with van der Waals surface area (Å²) in [6.07, 6.45) is 0.775. The Morgan fingerprint density at radius 3 is 2.12 bits per heavy atom. The zero-order chi connectivity index (χ0) is 18.8. The van der Waals surface area contributed by atoms with Crippen LogP contribution >= 0.6 is 0 Å². The lowest BCUT2D eigenvalue weighted by molar-refractivity contribution is 0.121. The summed E-state index contributed by atoms with van der Waals surface area (Å²) in [7, 11) is 4.00. The summed E-state index contributed by atoms with van der Waals surface area (Å²) in [4.78, 5) is 0. The molecule has 0 radical (unpaired) electrons. The van der Waals surface area contributed by atoms with Crippen molar-refractivity contribution in [2.75, 3.05) is 35.0 Å². The third-order valence-electron chi connectivity index (χ3n) is 4.29. The van der Waals surface area contributed by atoms with E-state index >= 15 is 0 Å². The molecule has 2 rings (SSSR count). The number of hydrogen-bond donors (Lipinski definition) is 0. The van der Waals surface area contributed by atoms with Gasteiger partial charge in [0, 0.05) is 45.6 Å². The molecule has 0 fully saturated rings. The summed E-state index contributed by atoms with van der Waals surface area (Å²) in [5, 5.41) is 0. The maximum Gasteiger partial charge on any atom is 0.500 e. The van der Waals surface area contributed by atoms with Crippen LogP contribution in [0.25, 0.3) is 11.1 Å². The van der Waals surface area contributed by atoms with Crippen molar-refractivity contribution >= 4 is 8.80 Å². The third kappa shape index (κ3) is 5.15. The number of para-hydroxylation sites is 1. The van der Waals surface area contributed by atoms with Gasteiger partial charge in [0.05, 0.1) is 13.2 Å². The first kappa shape index (κ1) is 20.6. The van der Waals surface area contributed by atoms with Gasteiger partial charge in [0.1, 0.15) is 5.75 Å². The molecular formula is C20H28O5Si. The lowest BCUT2D eigenvalue weighted by Gasteiger charge is -2.24. The van der Waals surface area contributed by atoms with Crippen molar-refractivity contribution in [1.29, 1.82) is 0 Å². The van der Waals surface area contributed by atoms with Crippen molar-refractivity contribution in [2.45, 2.75) is 19.1 Å². The molecule has 2 aromatic carbocycles. The predicted molar refractivity (Wildman–Crippen MR) is 104 cm³/mol. The molecule has 0 N–H and O–H groups in total. The molecule has 6 heteroatoms. The summed E-state index contributed by atoms with van der Waals surface area (Å²) in [6, 6.07) is 17.1. The Kier molecular flexibility index (Phi) is 8.28. The van der Waals surface area contributed by atoms with E-state index in [1.165, 1.54) is 0 Å². The summed E-state index contributed by atoms with van der Waals surface area (Å²) < 4.78 is 27.9. The van der Waals surface area contributed by atoms with Gasteiger partial charge in [-0.25, -0.2) is 0 Å². The van der Waals surface area contributed by atoms with E-state index in [4.69, 9.17) is 22.8 Å². The lowest BCUT2D eigenvalue weighted by atomic mass is 10.0. The van der Waals surface area contributed by atoms with Gasteiger partial charge >= 0.3 is 8.80 Å². The molecule has 142 valence electrons. The SMILES string of the molecule is COCc1cccc(-c2ccccc2)c1OCCC[Si](OC)(OC)OC. The molecule has 0 saturated carbocycles. The molecule has 0 amide bonds. The fraction of sp³-hybridized carbons (Fsp3) is 0.400. The fourth-order valence-electron chi connectivity index (χ4n) is 2.89. The lowest BCUT2D eigenvalue weighted by Crippen LogP contribution is -2.42. The number of ether oxygens (including phenoxy) is 2. The monoisotopic (exact) mass is 376 g/mol. The summed E-state index contributed by atoms with van der Waals surface area (Å²) in [5.41, 5.74) is 3.21. The van der Waals surface area contributed by atoms with Crippen LogP contribution < -0.4 is 4.74 Å². The maximum absolute atomic E-state index is 6.18. The molecule has 0 aromatic heterocycles. The minimum absolute atomic E-state index is 0.503. The van der Waals surface area contributed by atoms with Crippen LogP contribution in [0.2, 0.25) is 6.04 Å². The van der Waals surface area contributed by atoms with Crippen LogP contribution in [-0.4, -0.2) is 43.9 Å². The van der Waals surface area contributed by atoms with Gasteiger partial charge in [-0.3, -0.25) is 0 Å². The zero-order valence-electron chi connectivity index (χ0n) is 16.0. The molecule has 0 aliphatic rings. The Morgan fingerprint density at radius 2 is 1.50 bits per heavy atom. The molecule has 0 aliphatic carbocycles. The van der Waals surface area contributed by atoms with E-state index in [1.54, 1.807) is 28.4 Å². The van der Waals surface area contributed by atoms with Crippen LogP contribution in [0.3, 0.4) is 0 Å². The minimum atomic E-state index is -2.57. The van der Waals surface area contributed by atoms with Gasteiger partial charge in [-0.05, 0) is 12.0 Å². The highest BCUT2D eigenvalue weighted by Gasteiger charge is 2.37. The molecule has 0 aliphatic heterocycles. The smallest absolute Gasteiger partial charge is 0.493 e. The third-order valence-corrected chi connectivity index (χ3v) is 7.12. The van der Waals surface area contributed by atoms with Crippen LogP contribution in [0, 0.1) is 0 Å². The topological polar surface area (TPSA) is 46.2 Å². The number of hydrogen-bond acceptors (Lipinski definition) is 5. The van der Waals surface area contributed by atoms with Gasteiger partial charge in [0.15, 0.2) is 0 Å². The Hall–Kier alpha value is -1.70. The average Bonchev–Trinajstić information content (AvgIpc) is 2.70. The summed E-state index contributed by atoms with van der Waals surface area (Å²) >= 11 is 0. The molecule has 0 heterocycles. The first-order chi connectivity index (χ1) is 12.7. The van der Waals surface area contributed by atoms with E-state index in [1.807, 2.05) is 30.3 Å². The van der Waals surface area contributed by atoms with E-state index in [-0.39, 0.29) is 0 Å². The predicted octanol–water partition coefficient (Wildman–Crippen LogP) is 4.15. The van der Waals surface area contributed by atoms with Crippen molar-refractivity contribution in [3.8, 4) is 16.9 Å². The highest BCUT2D eigenvalue weighted by molar-refractivity contribution is 6.60.